The first-order chi connectivity index (χ1) is 14.4. The van der Waals surface area contributed by atoms with E-state index in [1.165, 1.54) is 11.4 Å². The zero-order chi connectivity index (χ0) is 21.1. The fourth-order valence-electron chi connectivity index (χ4n) is 4.22. The third kappa shape index (κ3) is 5.50. The largest absolute Gasteiger partial charge is 1.00 e. The summed E-state index contributed by atoms with van der Waals surface area (Å²) in [4.78, 5) is 3.61. The van der Waals surface area contributed by atoms with Crippen LogP contribution in [0.5, 0.6) is 5.75 Å². The number of aromatic amines is 1. The third-order valence-electron chi connectivity index (χ3n) is 5.96. The van der Waals surface area contributed by atoms with Crippen LogP contribution in [0.25, 0.3) is 11.0 Å². The molecular formula is C26H33ClN2O2. The minimum absolute atomic E-state index is 0. The molecule has 2 N–H and O–H groups in total. The van der Waals surface area contributed by atoms with Crippen molar-refractivity contribution in [1.29, 1.82) is 0 Å². The molecule has 1 heterocycles. The number of allylic oxidation sites excluding steroid dienone is 2. The number of hydrogen-bond donors (Lipinski definition) is 2. The van der Waals surface area contributed by atoms with Crippen LogP contribution < -0.4 is 21.7 Å². The van der Waals surface area contributed by atoms with Crippen LogP contribution in [0.4, 0.5) is 0 Å². The number of para-hydroxylation sites is 2. The number of rotatable bonds is 6. The van der Waals surface area contributed by atoms with Crippen molar-refractivity contribution < 1.29 is 26.8 Å². The lowest BCUT2D eigenvalue weighted by Gasteiger charge is -2.19. The maximum Gasteiger partial charge on any atom is 0.258 e. The molecule has 2 aromatic carbocycles. The Bertz CT molecular complexity index is 1020. The number of aromatic nitrogens is 2. The first kappa shape index (κ1) is 23.4. The molecule has 3 aromatic rings. The lowest BCUT2D eigenvalue weighted by molar-refractivity contribution is -0.687. The summed E-state index contributed by atoms with van der Waals surface area (Å²) in [5.41, 5.74) is 3.65. The molecule has 0 saturated carbocycles. The predicted molar refractivity (Wildman–Crippen MR) is 121 cm³/mol. The second kappa shape index (κ2) is 9.88. The van der Waals surface area contributed by atoms with Gasteiger partial charge < -0.3 is 22.3 Å². The second-order valence-corrected chi connectivity index (χ2v) is 9.36. The summed E-state index contributed by atoms with van der Waals surface area (Å²) in [5, 5.41) is 10.8. The number of aliphatic hydroxyl groups excluding tert-OH is 1. The molecule has 4 rings (SSSR count). The van der Waals surface area contributed by atoms with Crippen molar-refractivity contribution >= 4 is 11.0 Å². The number of nitrogens with one attached hydrogen (secondary N) is 1. The molecule has 4 nitrogen and oxygen atoms in total. The number of aliphatic hydroxyl groups is 1. The molecule has 31 heavy (non-hydrogen) atoms. The van der Waals surface area contributed by atoms with Crippen LogP contribution in [0.1, 0.15) is 57.3 Å². The van der Waals surface area contributed by atoms with Crippen LogP contribution >= 0.6 is 0 Å². The highest BCUT2D eigenvalue weighted by atomic mass is 35.5. The van der Waals surface area contributed by atoms with E-state index in [0.29, 0.717) is 12.5 Å². The number of H-pyrrole nitrogens is 1. The molecule has 2 unspecified atom stereocenters. The molecule has 0 bridgehead atoms. The van der Waals surface area contributed by atoms with Gasteiger partial charge in [0.15, 0.2) is 11.0 Å². The van der Waals surface area contributed by atoms with Gasteiger partial charge in [-0.3, -0.25) is 0 Å². The number of nitrogens with zero attached hydrogens (tertiary/aromatic N) is 1. The summed E-state index contributed by atoms with van der Waals surface area (Å²) in [6, 6.07) is 16.5. The van der Waals surface area contributed by atoms with Crippen LogP contribution in [-0.2, 0) is 12.0 Å². The summed E-state index contributed by atoms with van der Waals surface area (Å²) >= 11 is 0. The van der Waals surface area contributed by atoms with E-state index in [4.69, 9.17) is 4.74 Å². The Morgan fingerprint density at radius 2 is 1.84 bits per heavy atom. The van der Waals surface area contributed by atoms with E-state index in [2.05, 4.69) is 78.9 Å². The Hall–Kier alpha value is -2.30. The average Bonchev–Trinajstić information content (AvgIpc) is 3.11. The van der Waals surface area contributed by atoms with E-state index in [1.807, 2.05) is 12.1 Å². The molecule has 0 amide bonds. The van der Waals surface area contributed by atoms with Crippen LogP contribution in [0.2, 0.25) is 0 Å². The molecule has 1 aliphatic carbocycles. The van der Waals surface area contributed by atoms with E-state index in [0.717, 1.165) is 36.0 Å². The minimum Gasteiger partial charge on any atom is -1.00 e. The summed E-state index contributed by atoms with van der Waals surface area (Å²) in [7, 11) is 0. The zero-order valence-electron chi connectivity index (χ0n) is 18.6. The van der Waals surface area contributed by atoms with Crippen LogP contribution in [-0.4, -0.2) is 22.8 Å². The van der Waals surface area contributed by atoms with Gasteiger partial charge in [-0.25, -0.2) is 9.55 Å². The minimum atomic E-state index is -0.589. The van der Waals surface area contributed by atoms with E-state index in [9.17, 15) is 5.11 Å². The van der Waals surface area contributed by atoms with E-state index in [1.54, 1.807) is 0 Å². The lowest BCUT2D eigenvalue weighted by Crippen LogP contribution is -3.00. The summed E-state index contributed by atoms with van der Waals surface area (Å²) in [6.45, 7) is 7.38. The molecule has 1 aliphatic rings. The molecule has 166 valence electrons. The summed E-state index contributed by atoms with van der Waals surface area (Å²) in [6.07, 6.45) is 7.22. The van der Waals surface area contributed by atoms with Crippen LogP contribution in [0, 0.1) is 0 Å². The first-order valence-electron chi connectivity index (χ1n) is 11.0. The third-order valence-corrected chi connectivity index (χ3v) is 5.96. The SMILES string of the molecule is CC(C)(C)c1ccc(OCC(O)C[n+]2c(C3CC=CCC3)[nH]c3ccccc32)cc1.[Cl-]. The van der Waals surface area contributed by atoms with Gasteiger partial charge in [-0.1, -0.05) is 57.2 Å². The van der Waals surface area contributed by atoms with Crippen molar-refractivity contribution in [2.75, 3.05) is 6.61 Å². The molecular weight excluding hydrogens is 408 g/mol. The van der Waals surface area contributed by atoms with Gasteiger partial charge in [0.2, 0.25) is 0 Å². The van der Waals surface area contributed by atoms with Gasteiger partial charge in [-0.15, -0.1) is 0 Å². The number of ether oxygens (including phenoxy) is 1. The fourth-order valence-corrected chi connectivity index (χ4v) is 4.22. The van der Waals surface area contributed by atoms with Gasteiger partial charge in [0.25, 0.3) is 5.82 Å². The standard InChI is InChI=1S/C26H32N2O2.ClH/c1-26(2,3)20-13-15-22(16-14-20)30-18-21(29)17-28-24-12-8-7-11-23(24)27-25(28)19-9-5-4-6-10-19;/h4-5,7-8,11-16,19,21,29H,6,9-10,17-18H2,1-3H3;1H. The lowest BCUT2D eigenvalue weighted by atomic mass is 9.87. The van der Waals surface area contributed by atoms with E-state index >= 15 is 0 Å². The maximum atomic E-state index is 10.8. The molecule has 0 fully saturated rings. The number of hydrogen-bond acceptors (Lipinski definition) is 2. The predicted octanol–water partition coefficient (Wildman–Crippen LogP) is 2.02. The van der Waals surface area contributed by atoms with Crippen molar-refractivity contribution in [3.8, 4) is 5.75 Å². The highest BCUT2D eigenvalue weighted by Gasteiger charge is 2.28. The number of fused-ring (bicyclic) bond motifs is 1. The molecule has 0 radical (unpaired) electrons. The Kier molecular flexibility index (Phi) is 7.45. The molecule has 0 aliphatic heterocycles. The average molecular weight is 441 g/mol. The second-order valence-electron chi connectivity index (χ2n) is 9.36. The number of imidazole rings is 1. The Morgan fingerprint density at radius 1 is 1.10 bits per heavy atom. The Balaban J connectivity index is 0.00000272. The highest BCUT2D eigenvalue weighted by Crippen LogP contribution is 2.28. The van der Waals surface area contributed by atoms with Gasteiger partial charge in [-0.2, -0.15) is 0 Å². The van der Waals surface area contributed by atoms with Crippen molar-refractivity contribution in [2.45, 2.75) is 64.0 Å². The molecule has 5 heteroatoms. The Labute approximate surface area is 191 Å². The monoisotopic (exact) mass is 440 g/mol. The molecule has 0 saturated heterocycles. The first-order valence-corrected chi connectivity index (χ1v) is 11.0. The van der Waals surface area contributed by atoms with Gasteiger partial charge >= 0.3 is 0 Å². The number of halogens is 1. The zero-order valence-corrected chi connectivity index (χ0v) is 19.4. The van der Waals surface area contributed by atoms with Crippen molar-refractivity contribution in [1.82, 2.24) is 4.98 Å². The van der Waals surface area contributed by atoms with Gasteiger partial charge in [0.05, 0.1) is 5.92 Å². The van der Waals surface area contributed by atoms with Crippen molar-refractivity contribution in [3.63, 3.8) is 0 Å². The molecule has 0 spiro atoms. The van der Waals surface area contributed by atoms with E-state index in [-0.39, 0.29) is 24.4 Å². The highest BCUT2D eigenvalue weighted by molar-refractivity contribution is 5.71. The normalized spacial score (nSPS) is 17.4. The summed E-state index contributed by atoms with van der Waals surface area (Å²) in [5.74, 6) is 2.46. The molecule has 2 atom stereocenters. The van der Waals surface area contributed by atoms with Crippen LogP contribution in [0.3, 0.4) is 0 Å². The van der Waals surface area contributed by atoms with Crippen molar-refractivity contribution in [3.05, 3.63) is 72.1 Å². The van der Waals surface area contributed by atoms with Crippen molar-refractivity contribution in [2.24, 2.45) is 0 Å². The number of benzene rings is 2. The molecule has 1 aromatic heterocycles. The van der Waals surface area contributed by atoms with Gasteiger partial charge in [0.1, 0.15) is 25.0 Å². The maximum absolute atomic E-state index is 10.8. The van der Waals surface area contributed by atoms with Gasteiger partial charge in [0, 0.05) is 0 Å². The fraction of sp³-hybridized carbons (Fsp3) is 0.423. The quantitative estimate of drug-likeness (QED) is 0.455. The Morgan fingerprint density at radius 3 is 2.52 bits per heavy atom. The topological polar surface area (TPSA) is 49.1 Å². The summed E-state index contributed by atoms with van der Waals surface area (Å²) < 4.78 is 8.14. The van der Waals surface area contributed by atoms with Gasteiger partial charge in [-0.05, 0) is 54.5 Å². The van der Waals surface area contributed by atoms with Crippen LogP contribution in [0.15, 0.2) is 60.7 Å². The smallest absolute Gasteiger partial charge is 0.258 e. The van der Waals surface area contributed by atoms with E-state index < -0.39 is 6.10 Å².